The number of nitrogens with one attached hydrogen (secondary N) is 2. The van der Waals surface area contributed by atoms with E-state index in [1.807, 2.05) is 32.0 Å². The monoisotopic (exact) mass is 417 g/mol. The van der Waals surface area contributed by atoms with Crippen LogP contribution < -0.4 is 10.6 Å². The normalized spacial score (nSPS) is 16.2. The molecule has 0 saturated carbocycles. The third-order valence-corrected chi connectivity index (χ3v) is 7.01. The molecule has 1 amide bonds. The van der Waals surface area contributed by atoms with E-state index in [0.29, 0.717) is 32.0 Å². The number of aryl methyl sites for hydroxylation is 1. The van der Waals surface area contributed by atoms with Gasteiger partial charge in [0.05, 0.1) is 18.1 Å². The minimum absolute atomic E-state index is 0.199. The maximum absolute atomic E-state index is 12.7. The molecule has 156 valence electrons. The highest BCUT2D eigenvalue weighted by atomic mass is 32.2. The standard InChI is InChI=1S/C21H27N3O4S/c1-15-5-4-6-20(16(15)2)22-17(3)21(25)23-18-7-9-19(10-8-18)29(26,27)24-11-13-28-14-12-24/h4-10,17,22H,11-14H2,1-3H3,(H,23,25). The average molecular weight is 418 g/mol. The lowest BCUT2D eigenvalue weighted by molar-refractivity contribution is -0.116. The Morgan fingerprint density at radius 1 is 1.07 bits per heavy atom. The summed E-state index contributed by atoms with van der Waals surface area (Å²) in [5.74, 6) is -0.199. The van der Waals surface area contributed by atoms with Gasteiger partial charge in [-0.2, -0.15) is 4.31 Å². The summed E-state index contributed by atoms with van der Waals surface area (Å²) < 4.78 is 32.0. The van der Waals surface area contributed by atoms with Crippen molar-refractivity contribution in [1.82, 2.24) is 4.31 Å². The number of carbonyl (C=O) groups is 1. The lowest BCUT2D eigenvalue weighted by Gasteiger charge is -2.26. The molecular weight excluding hydrogens is 390 g/mol. The van der Waals surface area contributed by atoms with Crippen LogP contribution in [-0.4, -0.2) is 51.0 Å². The van der Waals surface area contributed by atoms with Crippen molar-refractivity contribution in [2.45, 2.75) is 31.7 Å². The summed E-state index contributed by atoms with van der Waals surface area (Å²) in [7, 11) is -3.54. The van der Waals surface area contributed by atoms with Crippen LogP contribution >= 0.6 is 0 Å². The summed E-state index contributed by atoms with van der Waals surface area (Å²) >= 11 is 0. The van der Waals surface area contributed by atoms with E-state index < -0.39 is 16.1 Å². The zero-order valence-electron chi connectivity index (χ0n) is 16.9. The van der Waals surface area contributed by atoms with Crippen LogP contribution in [0.25, 0.3) is 0 Å². The third-order valence-electron chi connectivity index (χ3n) is 5.10. The molecule has 7 nitrogen and oxygen atoms in total. The van der Waals surface area contributed by atoms with E-state index in [9.17, 15) is 13.2 Å². The SMILES string of the molecule is Cc1cccc(NC(C)C(=O)Nc2ccc(S(=O)(=O)N3CCOCC3)cc2)c1C. The Bertz CT molecular complexity index is 968. The molecule has 0 radical (unpaired) electrons. The predicted molar refractivity (Wildman–Crippen MR) is 114 cm³/mol. The Kier molecular flexibility index (Phi) is 6.56. The van der Waals surface area contributed by atoms with Gasteiger partial charge < -0.3 is 15.4 Å². The van der Waals surface area contributed by atoms with Crippen molar-refractivity contribution in [2.24, 2.45) is 0 Å². The summed E-state index contributed by atoms with van der Waals surface area (Å²) in [6.45, 7) is 7.32. The smallest absolute Gasteiger partial charge is 0.246 e. The molecule has 1 saturated heterocycles. The Morgan fingerprint density at radius 3 is 2.38 bits per heavy atom. The van der Waals surface area contributed by atoms with Gasteiger partial charge in [0, 0.05) is 24.5 Å². The molecule has 0 spiro atoms. The number of benzene rings is 2. The number of ether oxygens (including phenoxy) is 1. The van der Waals surface area contributed by atoms with Gasteiger partial charge in [0.15, 0.2) is 0 Å². The topological polar surface area (TPSA) is 87.7 Å². The number of nitrogens with zero attached hydrogens (tertiary/aromatic N) is 1. The van der Waals surface area contributed by atoms with Gasteiger partial charge >= 0.3 is 0 Å². The minimum atomic E-state index is -3.54. The van der Waals surface area contributed by atoms with Crippen molar-refractivity contribution in [3.05, 3.63) is 53.6 Å². The van der Waals surface area contributed by atoms with Gasteiger partial charge in [0.1, 0.15) is 6.04 Å². The summed E-state index contributed by atoms with van der Waals surface area (Å²) in [6, 6.07) is 11.7. The molecular formula is C21H27N3O4S. The number of hydrogen-bond donors (Lipinski definition) is 2. The fourth-order valence-corrected chi connectivity index (χ4v) is 4.51. The van der Waals surface area contributed by atoms with Crippen LogP contribution in [0, 0.1) is 13.8 Å². The number of anilines is 2. The Labute approximate surface area is 172 Å². The lowest BCUT2D eigenvalue weighted by Crippen LogP contribution is -2.40. The maximum Gasteiger partial charge on any atom is 0.246 e. The van der Waals surface area contributed by atoms with E-state index in [2.05, 4.69) is 10.6 Å². The van der Waals surface area contributed by atoms with Crippen molar-refractivity contribution in [3.8, 4) is 0 Å². The molecule has 1 aliphatic heterocycles. The number of hydrogen-bond acceptors (Lipinski definition) is 5. The second kappa shape index (κ2) is 8.94. The molecule has 29 heavy (non-hydrogen) atoms. The molecule has 2 aromatic carbocycles. The molecule has 8 heteroatoms. The van der Waals surface area contributed by atoms with Crippen LogP contribution in [-0.2, 0) is 19.6 Å². The zero-order chi connectivity index (χ0) is 21.0. The van der Waals surface area contributed by atoms with Gasteiger partial charge in [-0.15, -0.1) is 0 Å². The van der Waals surface area contributed by atoms with Crippen LogP contribution in [0.4, 0.5) is 11.4 Å². The molecule has 0 bridgehead atoms. The van der Waals surface area contributed by atoms with E-state index in [0.717, 1.165) is 16.8 Å². The van der Waals surface area contributed by atoms with Crippen LogP contribution in [0.5, 0.6) is 0 Å². The minimum Gasteiger partial charge on any atom is -0.379 e. The number of rotatable bonds is 6. The summed E-state index contributed by atoms with van der Waals surface area (Å²) in [5, 5.41) is 6.05. The second-order valence-corrected chi connectivity index (χ2v) is 9.08. The molecule has 2 aromatic rings. The molecule has 2 N–H and O–H groups in total. The van der Waals surface area contributed by atoms with E-state index in [-0.39, 0.29) is 10.8 Å². The quantitative estimate of drug-likeness (QED) is 0.755. The van der Waals surface area contributed by atoms with E-state index in [1.54, 1.807) is 19.1 Å². The van der Waals surface area contributed by atoms with E-state index in [1.165, 1.54) is 16.4 Å². The highest BCUT2D eigenvalue weighted by molar-refractivity contribution is 7.89. The molecule has 0 aliphatic carbocycles. The van der Waals surface area contributed by atoms with Crippen molar-refractivity contribution in [1.29, 1.82) is 0 Å². The molecule has 1 unspecified atom stereocenters. The fourth-order valence-electron chi connectivity index (χ4n) is 3.10. The Morgan fingerprint density at radius 2 is 1.72 bits per heavy atom. The second-order valence-electron chi connectivity index (χ2n) is 7.14. The van der Waals surface area contributed by atoms with Gasteiger partial charge in [-0.3, -0.25) is 4.79 Å². The first-order valence-corrected chi connectivity index (χ1v) is 11.0. The molecule has 3 rings (SSSR count). The Balaban J connectivity index is 1.64. The first-order valence-electron chi connectivity index (χ1n) is 9.60. The first-order chi connectivity index (χ1) is 13.8. The maximum atomic E-state index is 12.7. The van der Waals surface area contributed by atoms with Crippen molar-refractivity contribution in [3.63, 3.8) is 0 Å². The van der Waals surface area contributed by atoms with Gasteiger partial charge in [0.2, 0.25) is 15.9 Å². The first kappa shape index (κ1) is 21.3. The zero-order valence-corrected chi connectivity index (χ0v) is 17.8. The molecule has 1 atom stereocenters. The number of amides is 1. The number of morpholine rings is 1. The van der Waals surface area contributed by atoms with Crippen LogP contribution in [0.1, 0.15) is 18.1 Å². The largest absolute Gasteiger partial charge is 0.379 e. The third kappa shape index (κ3) is 4.95. The van der Waals surface area contributed by atoms with Crippen molar-refractivity contribution >= 4 is 27.3 Å². The summed E-state index contributed by atoms with van der Waals surface area (Å²) in [6.07, 6.45) is 0. The van der Waals surface area contributed by atoms with Gasteiger partial charge in [0.25, 0.3) is 0 Å². The lowest BCUT2D eigenvalue weighted by atomic mass is 10.1. The van der Waals surface area contributed by atoms with E-state index in [4.69, 9.17) is 4.74 Å². The highest BCUT2D eigenvalue weighted by Gasteiger charge is 2.26. The van der Waals surface area contributed by atoms with Gasteiger partial charge in [-0.05, 0) is 62.2 Å². The molecule has 1 heterocycles. The molecule has 0 aromatic heterocycles. The summed E-state index contributed by atoms with van der Waals surface area (Å²) in [5.41, 5.74) is 3.72. The number of carbonyl (C=O) groups excluding carboxylic acids is 1. The van der Waals surface area contributed by atoms with E-state index >= 15 is 0 Å². The van der Waals surface area contributed by atoms with Gasteiger partial charge in [-0.25, -0.2) is 8.42 Å². The van der Waals surface area contributed by atoms with Gasteiger partial charge in [-0.1, -0.05) is 12.1 Å². The summed E-state index contributed by atoms with van der Waals surface area (Å²) in [4.78, 5) is 12.7. The van der Waals surface area contributed by atoms with Crippen LogP contribution in [0.3, 0.4) is 0 Å². The highest BCUT2D eigenvalue weighted by Crippen LogP contribution is 2.21. The Hall–Kier alpha value is -2.42. The predicted octanol–water partition coefficient (Wildman–Crippen LogP) is 2.76. The molecule has 1 aliphatic rings. The number of sulfonamides is 1. The van der Waals surface area contributed by atoms with Crippen LogP contribution in [0.15, 0.2) is 47.4 Å². The van der Waals surface area contributed by atoms with Crippen molar-refractivity contribution in [2.75, 3.05) is 36.9 Å². The fraction of sp³-hybridized carbons (Fsp3) is 0.381. The molecule has 1 fully saturated rings. The van der Waals surface area contributed by atoms with Crippen molar-refractivity contribution < 1.29 is 17.9 Å². The average Bonchev–Trinajstić information content (AvgIpc) is 2.72. The van der Waals surface area contributed by atoms with Crippen LogP contribution in [0.2, 0.25) is 0 Å².